The number of halogens is 1. The fraction of sp³-hybridized carbons (Fsp3) is 0.467. The lowest BCUT2D eigenvalue weighted by Gasteiger charge is -2.16. The number of nitrogens with one attached hydrogen (secondary N) is 3. The summed E-state index contributed by atoms with van der Waals surface area (Å²) in [5, 5.41) is 18.2. The zero-order valence-corrected chi connectivity index (χ0v) is 15.5. The van der Waals surface area contributed by atoms with E-state index in [1.165, 1.54) is 12.1 Å². The number of hydrogen-bond acceptors (Lipinski definition) is 3. The summed E-state index contributed by atoms with van der Waals surface area (Å²) in [5.41, 5.74) is 0.632. The summed E-state index contributed by atoms with van der Waals surface area (Å²) >= 11 is 0. The van der Waals surface area contributed by atoms with E-state index >= 15 is 0 Å². The summed E-state index contributed by atoms with van der Waals surface area (Å²) in [6, 6.07) is 6.61. The zero-order chi connectivity index (χ0) is 15.7. The number of carbonyl (C=O) groups excluding carboxylic acids is 1. The minimum atomic E-state index is -0.206. The first-order valence-electron chi connectivity index (χ1n) is 7.18. The van der Waals surface area contributed by atoms with Crippen LogP contribution in [-0.2, 0) is 4.79 Å². The quantitative estimate of drug-likeness (QED) is 0.246. The first-order valence-corrected chi connectivity index (χ1v) is 7.18. The molecule has 0 saturated heterocycles. The molecule has 0 heterocycles. The first kappa shape index (κ1) is 20.5. The van der Waals surface area contributed by atoms with Gasteiger partial charge in [-0.3, -0.25) is 4.79 Å². The van der Waals surface area contributed by atoms with Crippen LogP contribution in [0.5, 0.6) is 5.75 Å². The van der Waals surface area contributed by atoms with Gasteiger partial charge in [0.05, 0.1) is 0 Å². The van der Waals surface area contributed by atoms with Crippen LogP contribution in [-0.4, -0.2) is 36.1 Å². The van der Waals surface area contributed by atoms with E-state index in [1.54, 1.807) is 12.1 Å². The molecule has 124 valence electrons. The van der Waals surface area contributed by atoms with Crippen LogP contribution in [0.4, 0.5) is 5.69 Å². The number of phenolic OH excluding ortho intramolecular Hbond substituents is 1. The molecule has 0 aliphatic heterocycles. The summed E-state index contributed by atoms with van der Waals surface area (Å²) in [7, 11) is 0. The van der Waals surface area contributed by atoms with Gasteiger partial charge in [0.1, 0.15) is 12.3 Å². The number of amides is 1. The maximum Gasteiger partial charge on any atom is 0.246 e. The summed E-state index contributed by atoms with van der Waals surface area (Å²) in [4.78, 5) is 16.1. The largest absolute Gasteiger partial charge is 0.508 e. The Balaban J connectivity index is 0.00000441. The van der Waals surface area contributed by atoms with Crippen molar-refractivity contribution in [2.75, 3.05) is 18.4 Å². The van der Waals surface area contributed by atoms with Crippen LogP contribution >= 0.6 is 24.0 Å². The molecule has 0 spiro atoms. The number of rotatable bonds is 6. The monoisotopic (exact) mass is 420 g/mol. The molecular formula is C15H25IN4O2. The van der Waals surface area contributed by atoms with E-state index in [0.717, 1.165) is 13.0 Å². The van der Waals surface area contributed by atoms with Crippen molar-refractivity contribution in [3.8, 4) is 5.75 Å². The number of nitrogens with zero attached hydrogens (tertiary/aromatic N) is 1. The minimum Gasteiger partial charge on any atom is -0.508 e. The highest BCUT2D eigenvalue weighted by molar-refractivity contribution is 14.0. The Labute approximate surface area is 148 Å². The number of phenols is 1. The van der Waals surface area contributed by atoms with Gasteiger partial charge in [-0.1, -0.05) is 6.92 Å². The number of hydrogen-bond donors (Lipinski definition) is 4. The van der Waals surface area contributed by atoms with Crippen LogP contribution < -0.4 is 16.0 Å². The van der Waals surface area contributed by atoms with Gasteiger partial charge in [-0.15, -0.1) is 24.0 Å². The van der Waals surface area contributed by atoms with E-state index < -0.39 is 0 Å². The average Bonchev–Trinajstić information content (AvgIpc) is 2.47. The predicted octanol–water partition coefficient (Wildman–Crippen LogP) is 2.30. The molecule has 0 saturated carbocycles. The molecule has 0 aliphatic carbocycles. The molecule has 1 aromatic rings. The second kappa shape index (κ2) is 11.1. The standard InChI is InChI=1S/C15H24N4O2.HI/c1-4-11(3)18-15(16-5-2)17-10-14(21)19-12-6-8-13(20)9-7-12;/h6-9,11,20H,4-5,10H2,1-3H3,(H,19,21)(H2,16,17,18);1H. The van der Waals surface area contributed by atoms with Crippen LogP contribution in [0, 0.1) is 0 Å². The Bertz CT molecular complexity index is 477. The van der Waals surface area contributed by atoms with Gasteiger partial charge in [0.25, 0.3) is 0 Å². The fourth-order valence-corrected chi connectivity index (χ4v) is 1.55. The summed E-state index contributed by atoms with van der Waals surface area (Å²) in [6.07, 6.45) is 0.976. The van der Waals surface area contributed by atoms with Crippen molar-refractivity contribution >= 4 is 41.5 Å². The van der Waals surface area contributed by atoms with Crippen molar-refractivity contribution in [2.24, 2.45) is 4.99 Å². The molecule has 0 radical (unpaired) electrons. The number of guanidine groups is 1. The van der Waals surface area contributed by atoms with Crippen molar-refractivity contribution < 1.29 is 9.90 Å². The van der Waals surface area contributed by atoms with Crippen molar-refractivity contribution in [1.29, 1.82) is 0 Å². The van der Waals surface area contributed by atoms with E-state index in [-0.39, 0.29) is 42.2 Å². The Morgan fingerprint density at radius 2 is 1.91 bits per heavy atom. The van der Waals surface area contributed by atoms with E-state index in [0.29, 0.717) is 17.7 Å². The summed E-state index contributed by atoms with van der Waals surface area (Å²) in [6.45, 7) is 6.89. The number of carbonyl (C=O) groups is 1. The molecule has 0 fully saturated rings. The third-order valence-corrected chi connectivity index (χ3v) is 2.87. The Hall–Kier alpha value is -1.51. The maximum absolute atomic E-state index is 11.8. The van der Waals surface area contributed by atoms with E-state index in [4.69, 9.17) is 0 Å². The van der Waals surface area contributed by atoms with Gasteiger partial charge in [0.2, 0.25) is 5.91 Å². The highest BCUT2D eigenvalue weighted by Crippen LogP contribution is 2.13. The minimum absolute atomic E-state index is 0. The third-order valence-electron chi connectivity index (χ3n) is 2.87. The predicted molar refractivity (Wildman–Crippen MR) is 101 cm³/mol. The molecule has 0 aliphatic rings. The third kappa shape index (κ3) is 8.06. The van der Waals surface area contributed by atoms with Gasteiger partial charge >= 0.3 is 0 Å². The lowest BCUT2D eigenvalue weighted by molar-refractivity contribution is -0.114. The smallest absolute Gasteiger partial charge is 0.246 e. The Morgan fingerprint density at radius 3 is 2.45 bits per heavy atom. The molecule has 7 heteroatoms. The average molecular weight is 420 g/mol. The van der Waals surface area contributed by atoms with Crippen LogP contribution in [0.25, 0.3) is 0 Å². The van der Waals surface area contributed by atoms with Crippen molar-refractivity contribution in [3.05, 3.63) is 24.3 Å². The maximum atomic E-state index is 11.8. The van der Waals surface area contributed by atoms with E-state index in [1.807, 2.05) is 6.92 Å². The molecule has 1 unspecified atom stereocenters. The van der Waals surface area contributed by atoms with Crippen LogP contribution in [0.15, 0.2) is 29.3 Å². The van der Waals surface area contributed by atoms with Crippen molar-refractivity contribution in [3.63, 3.8) is 0 Å². The van der Waals surface area contributed by atoms with Gasteiger partial charge in [-0.25, -0.2) is 4.99 Å². The lowest BCUT2D eigenvalue weighted by atomic mass is 10.3. The van der Waals surface area contributed by atoms with Gasteiger partial charge in [-0.2, -0.15) is 0 Å². The normalized spacial score (nSPS) is 12.0. The van der Waals surface area contributed by atoms with Gasteiger partial charge < -0.3 is 21.1 Å². The van der Waals surface area contributed by atoms with Crippen molar-refractivity contribution in [1.82, 2.24) is 10.6 Å². The number of aromatic hydroxyl groups is 1. The molecule has 1 atom stereocenters. The SMILES string of the molecule is CCNC(=NCC(=O)Nc1ccc(O)cc1)NC(C)CC.I. The second-order valence-corrected chi connectivity index (χ2v) is 4.74. The lowest BCUT2D eigenvalue weighted by Crippen LogP contribution is -2.42. The van der Waals surface area contributed by atoms with Crippen molar-refractivity contribution in [2.45, 2.75) is 33.2 Å². The van der Waals surface area contributed by atoms with E-state index in [2.05, 4.69) is 34.8 Å². The summed E-state index contributed by atoms with van der Waals surface area (Å²) < 4.78 is 0. The fourth-order valence-electron chi connectivity index (χ4n) is 1.55. The Kier molecular flexibility index (Phi) is 10.3. The van der Waals surface area contributed by atoms with E-state index in [9.17, 15) is 9.90 Å². The first-order chi connectivity index (χ1) is 10.0. The molecule has 1 aromatic carbocycles. The molecular weight excluding hydrogens is 395 g/mol. The second-order valence-electron chi connectivity index (χ2n) is 4.74. The van der Waals surface area contributed by atoms with Crippen LogP contribution in [0.2, 0.25) is 0 Å². The highest BCUT2D eigenvalue weighted by atomic mass is 127. The molecule has 1 rings (SSSR count). The molecule has 6 nitrogen and oxygen atoms in total. The van der Waals surface area contributed by atoms with Gasteiger partial charge in [0, 0.05) is 18.3 Å². The zero-order valence-electron chi connectivity index (χ0n) is 13.2. The topological polar surface area (TPSA) is 85.8 Å². The Morgan fingerprint density at radius 1 is 1.27 bits per heavy atom. The molecule has 0 aromatic heterocycles. The number of aliphatic imine (C=N–C) groups is 1. The van der Waals surface area contributed by atoms with Gasteiger partial charge in [-0.05, 0) is 44.5 Å². The number of anilines is 1. The molecule has 22 heavy (non-hydrogen) atoms. The van der Waals surface area contributed by atoms with Gasteiger partial charge in [0.15, 0.2) is 5.96 Å². The van der Waals surface area contributed by atoms with Crippen LogP contribution in [0.1, 0.15) is 27.2 Å². The number of benzene rings is 1. The summed E-state index contributed by atoms with van der Waals surface area (Å²) in [5.74, 6) is 0.591. The molecule has 4 N–H and O–H groups in total. The molecule has 1 amide bonds. The van der Waals surface area contributed by atoms with Crippen LogP contribution in [0.3, 0.4) is 0 Å². The highest BCUT2D eigenvalue weighted by Gasteiger charge is 2.05. The molecule has 0 bridgehead atoms.